The highest BCUT2D eigenvalue weighted by molar-refractivity contribution is 6.07. The average Bonchev–Trinajstić information content (AvgIpc) is 2.53. The molecule has 0 unspecified atom stereocenters. The van der Waals surface area contributed by atoms with E-state index in [-0.39, 0.29) is 22.6 Å². The van der Waals surface area contributed by atoms with Gasteiger partial charge in [0.1, 0.15) is 0 Å². The Labute approximate surface area is 125 Å². The molecule has 2 aromatic rings. The Bertz CT molecular complexity index is 762. The van der Waals surface area contributed by atoms with E-state index in [9.17, 15) is 19.7 Å². The predicted molar refractivity (Wildman–Crippen MR) is 79.9 cm³/mol. The monoisotopic (exact) mass is 297 g/mol. The summed E-state index contributed by atoms with van der Waals surface area (Å²) in [6.07, 6.45) is 2.81. The number of hydrogen-bond donors (Lipinski definition) is 1. The van der Waals surface area contributed by atoms with Crippen molar-refractivity contribution in [2.45, 2.75) is 0 Å². The van der Waals surface area contributed by atoms with Gasteiger partial charge in [-0.15, -0.1) is 0 Å². The van der Waals surface area contributed by atoms with Gasteiger partial charge in [0.15, 0.2) is 5.78 Å². The number of nitro benzene ring substituents is 1. The Morgan fingerprint density at radius 3 is 2.32 bits per heavy atom. The van der Waals surface area contributed by atoms with E-state index in [1.54, 1.807) is 12.1 Å². The van der Waals surface area contributed by atoms with Crippen molar-refractivity contribution in [3.8, 4) is 0 Å². The number of carboxylic acid groups (broad SMARTS) is 1. The predicted octanol–water partition coefficient (Wildman–Crippen LogP) is 3.19. The van der Waals surface area contributed by atoms with E-state index >= 15 is 0 Å². The first-order valence-electron chi connectivity index (χ1n) is 6.27. The molecule has 0 aliphatic carbocycles. The molecule has 2 aromatic carbocycles. The number of ketones is 1. The number of benzene rings is 2. The maximum atomic E-state index is 12.0. The molecule has 0 aliphatic heterocycles. The van der Waals surface area contributed by atoms with Gasteiger partial charge in [0.25, 0.3) is 5.69 Å². The third kappa shape index (κ3) is 3.63. The minimum Gasteiger partial charge on any atom is -0.478 e. The molecular weight excluding hydrogens is 286 g/mol. The largest absolute Gasteiger partial charge is 0.478 e. The quantitative estimate of drug-likeness (QED) is 0.395. The van der Waals surface area contributed by atoms with Gasteiger partial charge in [0.2, 0.25) is 0 Å². The molecule has 6 nitrogen and oxygen atoms in total. The second kappa shape index (κ2) is 6.45. The Kier molecular flexibility index (Phi) is 4.43. The first-order chi connectivity index (χ1) is 10.5. The Hall–Kier alpha value is -3.28. The maximum Gasteiger partial charge on any atom is 0.335 e. The van der Waals surface area contributed by atoms with Crippen LogP contribution < -0.4 is 0 Å². The van der Waals surface area contributed by atoms with Crippen LogP contribution in [0.2, 0.25) is 0 Å². The van der Waals surface area contributed by atoms with Crippen molar-refractivity contribution in [2.75, 3.05) is 0 Å². The molecule has 0 saturated carbocycles. The summed E-state index contributed by atoms with van der Waals surface area (Å²) in [4.78, 5) is 32.8. The number of nitrogens with zero attached hydrogens (tertiary/aromatic N) is 1. The van der Waals surface area contributed by atoms with Crippen LogP contribution in [0, 0.1) is 10.1 Å². The van der Waals surface area contributed by atoms with E-state index in [4.69, 9.17) is 5.11 Å². The number of rotatable bonds is 5. The van der Waals surface area contributed by atoms with Gasteiger partial charge in [-0.2, -0.15) is 0 Å². The molecule has 0 bridgehead atoms. The summed E-state index contributed by atoms with van der Waals surface area (Å²) in [5.74, 6) is -1.39. The van der Waals surface area contributed by atoms with Gasteiger partial charge in [-0.05, 0) is 23.8 Å². The number of aromatic carboxylic acids is 1. The molecule has 0 saturated heterocycles. The van der Waals surface area contributed by atoms with Crippen molar-refractivity contribution >= 4 is 23.5 Å². The average molecular weight is 297 g/mol. The third-order valence-electron chi connectivity index (χ3n) is 2.93. The molecule has 0 amide bonds. The highest BCUT2D eigenvalue weighted by Crippen LogP contribution is 2.14. The van der Waals surface area contributed by atoms with E-state index in [0.717, 1.165) is 0 Å². The van der Waals surface area contributed by atoms with Crippen LogP contribution in [-0.4, -0.2) is 21.8 Å². The van der Waals surface area contributed by atoms with Crippen molar-refractivity contribution in [3.05, 3.63) is 81.4 Å². The summed E-state index contributed by atoms with van der Waals surface area (Å²) < 4.78 is 0. The SMILES string of the molecule is O=C(O)c1ccc(C=CC(=O)c2cccc([N+](=O)[O-])c2)cc1. The molecule has 0 aromatic heterocycles. The molecule has 1 N–H and O–H groups in total. The summed E-state index contributed by atoms with van der Waals surface area (Å²) in [6.45, 7) is 0. The topological polar surface area (TPSA) is 97.5 Å². The van der Waals surface area contributed by atoms with Crippen molar-refractivity contribution in [1.82, 2.24) is 0 Å². The molecule has 0 fully saturated rings. The molecule has 6 heteroatoms. The first kappa shape index (κ1) is 15.1. The molecule has 110 valence electrons. The van der Waals surface area contributed by atoms with Gasteiger partial charge in [0.05, 0.1) is 10.5 Å². The van der Waals surface area contributed by atoms with Gasteiger partial charge in [-0.25, -0.2) is 4.79 Å². The number of carbonyl (C=O) groups is 2. The smallest absolute Gasteiger partial charge is 0.335 e. The van der Waals surface area contributed by atoms with E-state index in [1.807, 2.05) is 0 Å². The summed E-state index contributed by atoms with van der Waals surface area (Å²) in [5, 5.41) is 19.5. The number of non-ortho nitro benzene ring substituents is 1. The molecule has 0 atom stereocenters. The van der Waals surface area contributed by atoms with E-state index < -0.39 is 10.9 Å². The zero-order chi connectivity index (χ0) is 16.1. The standard InChI is InChI=1S/C16H11NO5/c18-15(13-2-1-3-14(10-13)17(21)22)9-6-11-4-7-12(8-5-11)16(19)20/h1-10H,(H,19,20). The molecule has 0 spiro atoms. The van der Waals surface area contributed by atoms with Crippen LogP contribution in [0.3, 0.4) is 0 Å². The first-order valence-corrected chi connectivity index (χ1v) is 6.27. The minimum atomic E-state index is -1.02. The third-order valence-corrected chi connectivity index (χ3v) is 2.93. The van der Waals surface area contributed by atoms with Crippen LogP contribution in [0.15, 0.2) is 54.6 Å². The lowest BCUT2D eigenvalue weighted by molar-refractivity contribution is -0.384. The second-order valence-electron chi connectivity index (χ2n) is 4.43. The highest BCUT2D eigenvalue weighted by Gasteiger charge is 2.09. The summed E-state index contributed by atoms with van der Waals surface area (Å²) in [6, 6.07) is 11.5. The van der Waals surface area contributed by atoms with Crippen LogP contribution in [-0.2, 0) is 0 Å². The lowest BCUT2D eigenvalue weighted by Gasteiger charge is -1.97. The fourth-order valence-corrected chi connectivity index (χ4v) is 1.78. The number of carboxylic acids is 1. The van der Waals surface area contributed by atoms with Crippen molar-refractivity contribution in [3.63, 3.8) is 0 Å². The summed E-state index contributed by atoms with van der Waals surface area (Å²) in [7, 11) is 0. The highest BCUT2D eigenvalue weighted by atomic mass is 16.6. The Morgan fingerprint density at radius 2 is 1.73 bits per heavy atom. The van der Waals surface area contributed by atoms with E-state index in [1.165, 1.54) is 48.6 Å². The number of hydrogen-bond acceptors (Lipinski definition) is 4. The van der Waals surface area contributed by atoms with Crippen molar-refractivity contribution in [2.24, 2.45) is 0 Å². The van der Waals surface area contributed by atoms with Gasteiger partial charge < -0.3 is 5.11 Å². The van der Waals surface area contributed by atoms with Gasteiger partial charge >= 0.3 is 5.97 Å². The molecule has 22 heavy (non-hydrogen) atoms. The Balaban J connectivity index is 2.15. The second-order valence-corrected chi connectivity index (χ2v) is 4.43. The van der Waals surface area contributed by atoms with Crippen LogP contribution in [0.25, 0.3) is 6.08 Å². The number of nitro groups is 1. The van der Waals surface area contributed by atoms with Crippen LogP contribution in [0.5, 0.6) is 0 Å². The lowest BCUT2D eigenvalue weighted by atomic mass is 10.1. The van der Waals surface area contributed by atoms with Crippen LogP contribution in [0.1, 0.15) is 26.3 Å². The Morgan fingerprint density at radius 1 is 1.05 bits per heavy atom. The van der Waals surface area contributed by atoms with Gasteiger partial charge in [-0.3, -0.25) is 14.9 Å². The van der Waals surface area contributed by atoms with E-state index in [2.05, 4.69) is 0 Å². The zero-order valence-electron chi connectivity index (χ0n) is 11.3. The van der Waals surface area contributed by atoms with Crippen molar-refractivity contribution in [1.29, 1.82) is 0 Å². The van der Waals surface area contributed by atoms with Gasteiger partial charge in [0, 0.05) is 17.7 Å². The molecule has 2 rings (SSSR count). The molecule has 0 heterocycles. The zero-order valence-corrected chi connectivity index (χ0v) is 11.3. The minimum absolute atomic E-state index is 0.148. The normalized spacial score (nSPS) is 10.5. The van der Waals surface area contributed by atoms with E-state index in [0.29, 0.717) is 5.56 Å². The fourth-order valence-electron chi connectivity index (χ4n) is 1.78. The summed E-state index contributed by atoms with van der Waals surface area (Å²) in [5.41, 5.74) is 0.878. The molecule has 0 radical (unpaired) electrons. The van der Waals surface area contributed by atoms with Crippen molar-refractivity contribution < 1.29 is 19.6 Å². The maximum absolute atomic E-state index is 12.0. The molecular formula is C16H11NO5. The summed E-state index contributed by atoms with van der Waals surface area (Å²) >= 11 is 0. The van der Waals surface area contributed by atoms with Gasteiger partial charge in [-0.1, -0.05) is 30.3 Å². The lowest BCUT2D eigenvalue weighted by Crippen LogP contribution is -1.97. The fraction of sp³-hybridized carbons (Fsp3) is 0. The van der Waals surface area contributed by atoms with Crippen LogP contribution in [0.4, 0.5) is 5.69 Å². The molecule has 0 aliphatic rings. The van der Waals surface area contributed by atoms with Crippen LogP contribution >= 0.6 is 0 Å². The number of allylic oxidation sites excluding steroid dienone is 1. The number of carbonyl (C=O) groups excluding carboxylic acids is 1.